The van der Waals surface area contributed by atoms with Gasteiger partial charge in [-0.1, -0.05) is 12.1 Å². The molecule has 0 saturated carbocycles. The minimum absolute atomic E-state index is 0.177. The molecule has 0 heterocycles. The maximum Gasteiger partial charge on any atom is 0.120 e. The molecule has 0 aliphatic heterocycles. The predicted molar refractivity (Wildman–Crippen MR) is 61.2 cm³/mol. The number of rotatable bonds is 4. The van der Waals surface area contributed by atoms with Crippen molar-refractivity contribution in [2.24, 2.45) is 0 Å². The molecule has 0 atom stereocenters. The molecule has 1 aromatic rings. The molecule has 0 radical (unpaired) electrons. The van der Waals surface area contributed by atoms with Gasteiger partial charge in [-0.3, -0.25) is 0 Å². The summed E-state index contributed by atoms with van der Waals surface area (Å²) in [5.74, 6) is 0.867. The molecule has 2 nitrogen and oxygen atoms in total. The third-order valence-corrected chi connectivity index (χ3v) is 1.87. The summed E-state index contributed by atoms with van der Waals surface area (Å²) in [5.41, 5.74) is 0.965. The molecule has 15 heavy (non-hydrogen) atoms. The van der Waals surface area contributed by atoms with Crippen molar-refractivity contribution in [3.05, 3.63) is 29.8 Å². The van der Waals surface area contributed by atoms with Gasteiger partial charge in [0.1, 0.15) is 17.6 Å². The van der Waals surface area contributed by atoms with E-state index in [-0.39, 0.29) is 5.60 Å². The van der Waals surface area contributed by atoms with E-state index < -0.39 is 0 Å². The third kappa shape index (κ3) is 4.63. The van der Waals surface area contributed by atoms with Gasteiger partial charge in [-0.2, -0.15) is 0 Å². The Balaban J connectivity index is 2.69. The summed E-state index contributed by atoms with van der Waals surface area (Å²) < 4.78 is 5.73. The van der Waals surface area contributed by atoms with Gasteiger partial charge < -0.3 is 9.53 Å². The van der Waals surface area contributed by atoms with Crippen molar-refractivity contribution >= 4 is 6.29 Å². The molecule has 0 aliphatic rings. The minimum Gasteiger partial charge on any atom is -0.488 e. The first-order chi connectivity index (χ1) is 7.01. The van der Waals surface area contributed by atoms with Crippen LogP contribution >= 0.6 is 0 Å². The smallest absolute Gasteiger partial charge is 0.120 e. The van der Waals surface area contributed by atoms with Crippen molar-refractivity contribution in [3.8, 4) is 5.75 Å². The molecule has 82 valence electrons. The quantitative estimate of drug-likeness (QED) is 0.708. The summed E-state index contributed by atoms with van der Waals surface area (Å²) in [7, 11) is 0. The van der Waals surface area contributed by atoms with Crippen LogP contribution in [0.15, 0.2) is 24.3 Å². The van der Waals surface area contributed by atoms with Crippen molar-refractivity contribution in [2.45, 2.75) is 39.2 Å². The average molecular weight is 206 g/mol. The lowest BCUT2D eigenvalue weighted by molar-refractivity contribution is -0.107. The van der Waals surface area contributed by atoms with Crippen molar-refractivity contribution in [2.75, 3.05) is 0 Å². The van der Waals surface area contributed by atoms with Crippen molar-refractivity contribution in [3.63, 3.8) is 0 Å². The van der Waals surface area contributed by atoms with Crippen LogP contribution in [-0.4, -0.2) is 11.9 Å². The highest BCUT2D eigenvalue weighted by Gasteiger charge is 2.11. The molecular weight excluding hydrogens is 188 g/mol. The fourth-order valence-corrected chi connectivity index (χ4v) is 1.34. The molecule has 0 saturated heterocycles. The van der Waals surface area contributed by atoms with Crippen LogP contribution in [0.25, 0.3) is 0 Å². The second kappa shape index (κ2) is 4.96. The topological polar surface area (TPSA) is 26.3 Å². The van der Waals surface area contributed by atoms with Crippen LogP contribution in [0.1, 0.15) is 32.8 Å². The lowest BCUT2D eigenvalue weighted by Crippen LogP contribution is -2.22. The van der Waals surface area contributed by atoms with E-state index in [1.54, 1.807) is 0 Å². The number of aldehydes is 1. The highest BCUT2D eigenvalue weighted by atomic mass is 16.5. The highest BCUT2D eigenvalue weighted by molar-refractivity contribution is 5.50. The van der Waals surface area contributed by atoms with E-state index in [9.17, 15) is 4.79 Å². The predicted octanol–water partition coefficient (Wildman–Crippen LogP) is 3.00. The number of hydrogen-bond donors (Lipinski definition) is 0. The van der Waals surface area contributed by atoms with Crippen LogP contribution in [-0.2, 0) is 11.2 Å². The largest absolute Gasteiger partial charge is 0.488 e. The zero-order chi connectivity index (χ0) is 11.3. The van der Waals surface area contributed by atoms with E-state index in [4.69, 9.17) is 4.74 Å². The molecule has 0 fully saturated rings. The molecule has 0 bridgehead atoms. The van der Waals surface area contributed by atoms with Crippen molar-refractivity contribution < 1.29 is 9.53 Å². The number of benzene rings is 1. The molecule has 1 aromatic carbocycles. The lowest BCUT2D eigenvalue weighted by atomic mass is 10.1. The van der Waals surface area contributed by atoms with Gasteiger partial charge in [-0.15, -0.1) is 0 Å². The first kappa shape index (κ1) is 11.8. The molecule has 0 amide bonds. The van der Waals surface area contributed by atoms with E-state index in [0.717, 1.165) is 24.0 Å². The van der Waals surface area contributed by atoms with Gasteiger partial charge in [0.05, 0.1) is 0 Å². The van der Waals surface area contributed by atoms with Crippen molar-refractivity contribution in [1.29, 1.82) is 0 Å². The van der Waals surface area contributed by atoms with E-state index in [1.165, 1.54) is 0 Å². The molecule has 0 spiro atoms. The number of hydrogen-bond acceptors (Lipinski definition) is 2. The Morgan fingerprint density at radius 2 is 2.07 bits per heavy atom. The molecule has 0 aromatic heterocycles. The van der Waals surface area contributed by atoms with E-state index >= 15 is 0 Å². The molecule has 1 rings (SSSR count). The van der Waals surface area contributed by atoms with Crippen LogP contribution < -0.4 is 4.74 Å². The third-order valence-electron chi connectivity index (χ3n) is 1.87. The minimum atomic E-state index is -0.177. The van der Waals surface area contributed by atoms with Crippen LogP contribution in [0, 0.1) is 0 Å². The van der Waals surface area contributed by atoms with Gasteiger partial charge in [0, 0.05) is 6.42 Å². The first-order valence-electron chi connectivity index (χ1n) is 5.23. The highest BCUT2D eigenvalue weighted by Crippen LogP contribution is 2.19. The number of aryl methyl sites for hydroxylation is 1. The molecule has 0 N–H and O–H groups in total. The summed E-state index contributed by atoms with van der Waals surface area (Å²) in [4.78, 5) is 10.3. The zero-order valence-corrected chi connectivity index (χ0v) is 9.62. The molecule has 0 aliphatic carbocycles. The number of carbonyl (C=O) groups excluding carboxylic acids is 1. The molecule has 0 unspecified atom stereocenters. The first-order valence-corrected chi connectivity index (χ1v) is 5.23. The van der Waals surface area contributed by atoms with Gasteiger partial charge in [0.15, 0.2) is 0 Å². The van der Waals surface area contributed by atoms with Gasteiger partial charge in [0.2, 0.25) is 0 Å². The van der Waals surface area contributed by atoms with E-state index in [0.29, 0.717) is 6.42 Å². The SMILES string of the molecule is CC(C)(C)Oc1cccc(CCC=O)c1. The van der Waals surface area contributed by atoms with E-state index in [1.807, 2.05) is 45.0 Å². The normalized spacial score (nSPS) is 11.1. The Morgan fingerprint density at radius 3 is 2.67 bits per heavy atom. The maximum absolute atomic E-state index is 10.3. The van der Waals surface area contributed by atoms with Gasteiger partial charge in [-0.05, 0) is 44.9 Å². The van der Waals surface area contributed by atoms with E-state index in [2.05, 4.69) is 0 Å². The standard InChI is InChI=1S/C13H18O2/c1-13(2,3)15-12-8-4-6-11(10-12)7-5-9-14/h4,6,8-10H,5,7H2,1-3H3. The van der Waals surface area contributed by atoms with Gasteiger partial charge in [-0.25, -0.2) is 0 Å². The Kier molecular flexibility index (Phi) is 3.89. The summed E-state index contributed by atoms with van der Waals surface area (Å²) in [6, 6.07) is 7.91. The summed E-state index contributed by atoms with van der Waals surface area (Å²) >= 11 is 0. The average Bonchev–Trinajstić information content (AvgIpc) is 2.12. The van der Waals surface area contributed by atoms with Gasteiger partial charge >= 0.3 is 0 Å². The number of ether oxygens (including phenoxy) is 1. The summed E-state index contributed by atoms with van der Waals surface area (Å²) in [6.45, 7) is 6.06. The lowest BCUT2D eigenvalue weighted by Gasteiger charge is -2.21. The molecule has 2 heteroatoms. The number of carbonyl (C=O) groups is 1. The fraction of sp³-hybridized carbons (Fsp3) is 0.462. The van der Waals surface area contributed by atoms with Crippen LogP contribution in [0.2, 0.25) is 0 Å². The van der Waals surface area contributed by atoms with Crippen LogP contribution in [0.3, 0.4) is 0 Å². The second-order valence-corrected chi connectivity index (χ2v) is 4.57. The van der Waals surface area contributed by atoms with Crippen LogP contribution in [0.4, 0.5) is 0 Å². The Morgan fingerprint density at radius 1 is 1.33 bits per heavy atom. The Bertz CT molecular complexity index is 324. The van der Waals surface area contributed by atoms with Crippen molar-refractivity contribution in [1.82, 2.24) is 0 Å². The second-order valence-electron chi connectivity index (χ2n) is 4.57. The zero-order valence-electron chi connectivity index (χ0n) is 9.62. The summed E-state index contributed by atoms with van der Waals surface area (Å²) in [5, 5.41) is 0. The monoisotopic (exact) mass is 206 g/mol. The fourth-order valence-electron chi connectivity index (χ4n) is 1.34. The maximum atomic E-state index is 10.3. The molecular formula is C13H18O2. The van der Waals surface area contributed by atoms with Gasteiger partial charge in [0.25, 0.3) is 0 Å². The summed E-state index contributed by atoms with van der Waals surface area (Å²) in [6.07, 6.45) is 2.29. The van der Waals surface area contributed by atoms with Crippen LogP contribution in [0.5, 0.6) is 5.75 Å². The Labute approximate surface area is 91.3 Å². The Hall–Kier alpha value is -1.31.